The predicted octanol–water partition coefficient (Wildman–Crippen LogP) is -2.09. The molecule has 0 radical (unpaired) electrons. The van der Waals surface area contributed by atoms with Gasteiger partial charge in [0.15, 0.2) is 0 Å². The average molecular weight is 357 g/mol. The molecule has 1 aromatic rings. The first-order valence-electron chi connectivity index (χ1n) is 7.84. The molecule has 0 aromatic carbocycles. The number of aliphatic hydroxyl groups is 2. The maximum atomic E-state index is 11.9. The lowest BCUT2D eigenvalue weighted by molar-refractivity contribution is -0.137. The van der Waals surface area contributed by atoms with E-state index in [1.54, 1.807) is 0 Å². The van der Waals surface area contributed by atoms with E-state index < -0.39 is 36.3 Å². The summed E-state index contributed by atoms with van der Waals surface area (Å²) in [5, 5.41) is 22.4. The van der Waals surface area contributed by atoms with Crippen LogP contribution in [-0.4, -0.2) is 63.9 Å². The number of carbonyl (C=O) groups excluding carboxylic acids is 1. The summed E-state index contributed by atoms with van der Waals surface area (Å²) in [5.41, 5.74) is 8.74. The van der Waals surface area contributed by atoms with Gasteiger partial charge in [-0.2, -0.15) is 4.98 Å². The molecule has 3 atom stereocenters. The Morgan fingerprint density at radius 2 is 2.36 bits per heavy atom. The number of rotatable bonds is 7. The summed E-state index contributed by atoms with van der Waals surface area (Å²) >= 11 is 0. The van der Waals surface area contributed by atoms with Gasteiger partial charge in [-0.05, 0) is 6.07 Å². The molecule has 140 valence electrons. The molecule has 0 saturated carbocycles. The largest absolute Gasteiger partial charge is 0.449 e. The summed E-state index contributed by atoms with van der Waals surface area (Å²) in [6.07, 6.45) is -0.982. The molecule has 1 fully saturated rings. The standard InChI is InChI=1S/C14H23N5O6/c15-3-4-17-13(23)24-6-2-14(8-20)9(21)7-11(25-14)19-5-1-10(16)18-12(19)22/h1,5,9,11,20-21H,2-4,6-8,15H2,(H,17,23)(H2,16,18,22)/t9?,11-,14-/m1/s1. The molecule has 25 heavy (non-hydrogen) atoms. The fraction of sp³-hybridized carbons (Fsp3) is 0.643. The molecular formula is C14H23N5O6. The van der Waals surface area contributed by atoms with Crippen LogP contribution in [-0.2, 0) is 9.47 Å². The molecule has 1 aliphatic rings. The van der Waals surface area contributed by atoms with Gasteiger partial charge < -0.3 is 36.5 Å². The molecule has 11 nitrogen and oxygen atoms in total. The number of hydrogen-bond donors (Lipinski definition) is 5. The Hall–Kier alpha value is -2.21. The molecule has 1 saturated heterocycles. The highest BCUT2D eigenvalue weighted by molar-refractivity contribution is 5.67. The lowest BCUT2D eigenvalue weighted by atomic mass is 9.94. The first-order valence-corrected chi connectivity index (χ1v) is 7.84. The maximum absolute atomic E-state index is 11.9. The van der Waals surface area contributed by atoms with Gasteiger partial charge in [0.1, 0.15) is 17.6 Å². The second kappa shape index (κ2) is 8.25. The molecule has 1 amide bonds. The minimum atomic E-state index is -1.35. The number of hydrogen-bond acceptors (Lipinski definition) is 9. The number of ether oxygens (including phenoxy) is 2. The molecule has 11 heteroatoms. The van der Waals surface area contributed by atoms with E-state index in [-0.39, 0.29) is 38.4 Å². The highest BCUT2D eigenvalue weighted by Crippen LogP contribution is 2.38. The zero-order valence-corrected chi connectivity index (χ0v) is 13.6. The van der Waals surface area contributed by atoms with Crippen LogP contribution < -0.4 is 22.5 Å². The van der Waals surface area contributed by atoms with Gasteiger partial charge in [0.25, 0.3) is 0 Å². The number of carbonyl (C=O) groups is 1. The first-order chi connectivity index (χ1) is 11.9. The van der Waals surface area contributed by atoms with Crippen molar-refractivity contribution in [2.45, 2.75) is 30.8 Å². The van der Waals surface area contributed by atoms with E-state index in [2.05, 4.69) is 10.3 Å². The van der Waals surface area contributed by atoms with Crippen molar-refractivity contribution in [3.63, 3.8) is 0 Å². The number of nitrogens with zero attached hydrogens (tertiary/aromatic N) is 2. The van der Waals surface area contributed by atoms with Crippen LogP contribution in [0.1, 0.15) is 19.1 Å². The Balaban J connectivity index is 2.00. The van der Waals surface area contributed by atoms with E-state index in [4.69, 9.17) is 20.9 Å². The summed E-state index contributed by atoms with van der Waals surface area (Å²) in [6, 6.07) is 1.43. The third-order valence-corrected chi connectivity index (χ3v) is 4.00. The highest BCUT2D eigenvalue weighted by Gasteiger charge is 2.48. The van der Waals surface area contributed by atoms with E-state index in [1.165, 1.54) is 16.8 Å². The fourth-order valence-corrected chi connectivity index (χ4v) is 2.61. The van der Waals surface area contributed by atoms with Gasteiger partial charge in [0.2, 0.25) is 0 Å². The number of alkyl carbamates (subject to hydrolysis) is 1. The summed E-state index contributed by atoms with van der Waals surface area (Å²) in [6.45, 7) is -0.0347. The monoisotopic (exact) mass is 357 g/mol. The number of amides is 1. The molecule has 7 N–H and O–H groups in total. The van der Waals surface area contributed by atoms with Gasteiger partial charge in [-0.25, -0.2) is 9.59 Å². The van der Waals surface area contributed by atoms with Crippen molar-refractivity contribution in [2.24, 2.45) is 5.73 Å². The number of nitrogens with two attached hydrogens (primary N) is 2. The molecule has 0 spiro atoms. The van der Waals surface area contributed by atoms with Gasteiger partial charge in [-0.3, -0.25) is 4.57 Å². The molecule has 0 aliphatic carbocycles. The number of nitrogen functional groups attached to an aromatic ring is 1. The quantitative estimate of drug-likeness (QED) is 0.366. The summed E-state index contributed by atoms with van der Waals surface area (Å²) in [7, 11) is 0. The van der Waals surface area contributed by atoms with E-state index in [0.717, 1.165) is 0 Å². The first kappa shape index (κ1) is 19.1. The van der Waals surface area contributed by atoms with E-state index in [1.807, 2.05) is 0 Å². The van der Waals surface area contributed by atoms with E-state index in [9.17, 15) is 19.8 Å². The van der Waals surface area contributed by atoms with Crippen LogP contribution >= 0.6 is 0 Å². The Bertz CT molecular complexity index is 653. The van der Waals surface area contributed by atoms with E-state index >= 15 is 0 Å². The topological polar surface area (TPSA) is 175 Å². The van der Waals surface area contributed by atoms with Crippen LogP contribution in [0.25, 0.3) is 0 Å². The predicted molar refractivity (Wildman–Crippen MR) is 86.5 cm³/mol. The van der Waals surface area contributed by atoms with Crippen LogP contribution in [0.5, 0.6) is 0 Å². The van der Waals surface area contributed by atoms with Crippen LogP contribution in [0.3, 0.4) is 0 Å². The molecule has 2 rings (SSSR count). The second-order valence-electron chi connectivity index (χ2n) is 5.69. The van der Waals surface area contributed by atoms with Crippen LogP contribution in [0.4, 0.5) is 10.6 Å². The van der Waals surface area contributed by atoms with Crippen molar-refractivity contribution in [3.05, 3.63) is 22.7 Å². The molecule has 2 heterocycles. The van der Waals surface area contributed by atoms with Gasteiger partial charge in [-0.15, -0.1) is 0 Å². The minimum absolute atomic E-state index is 0.0500. The SMILES string of the molecule is NCCNC(=O)OCC[C@]1(CO)O[C@@H](n2ccc(N)nc2=O)CC1O. The Labute approximate surface area is 143 Å². The molecule has 0 bridgehead atoms. The van der Waals surface area contributed by atoms with Gasteiger partial charge in [0, 0.05) is 32.1 Å². The van der Waals surface area contributed by atoms with Gasteiger partial charge >= 0.3 is 11.8 Å². The van der Waals surface area contributed by atoms with Crippen LogP contribution in [0.2, 0.25) is 0 Å². The van der Waals surface area contributed by atoms with Crippen LogP contribution in [0, 0.1) is 0 Å². The second-order valence-corrected chi connectivity index (χ2v) is 5.69. The summed E-state index contributed by atoms with van der Waals surface area (Å²) in [5.74, 6) is 0.0742. The third-order valence-electron chi connectivity index (χ3n) is 4.00. The molecule has 1 unspecified atom stereocenters. The smallest absolute Gasteiger partial charge is 0.407 e. The van der Waals surface area contributed by atoms with Crippen molar-refractivity contribution in [2.75, 3.05) is 32.0 Å². The number of aliphatic hydroxyl groups excluding tert-OH is 2. The van der Waals surface area contributed by atoms with Crippen molar-refractivity contribution >= 4 is 11.9 Å². The summed E-state index contributed by atoms with van der Waals surface area (Å²) < 4.78 is 11.9. The number of aromatic nitrogens is 2. The minimum Gasteiger partial charge on any atom is -0.449 e. The fourth-order valence-electron chi connectivity index (χ4n) is 2.61. The highest BCUT2D eigenvalue weighted by atomic mass is 16.6. The lowest BCUT2D eigenvalue weighted by Crippen LogP contribution is -2.44. The van der Waals surface area contributed by atoms with Crippen molar-refractivity contribution in [3.8, 4) is 0 Å². The zero-order valence-electron chi connectivity index (χ0n) is 13.6. The Kier molecular flexibility index (Phi) is 6.31. The molecular weight excluding hydrogens is 334 g/mol. The Morgan fingerprint density at radius 3 is 3.00 bits per heavy atom. The third kappa shape index (κ3) is 4.45. The number of anilines is 1. The van der Waals surface area contributed by atoms with E-state index in [0.29, 0.717) is 0 Å². The van der Waals surface area contributed by atoms with Crippen molar-refractivity contribution in [1.29, 1.82) is 0 Å². The van der Waals surface area contributed by atoms with Gasteiger partial charge in [-0.1, -0.05) is 0 Å². The summed E-state index contributed by atoms with van der Waals surface area (Å²) in [4.78, 5) is 26.9. The number of nitrogens with one attached hydrogen (secondary N) is 1. The van der Waals surface area contributed by atoms with Crippen LogP contribution in [0.15, 0.2) is 17.1 Å². The molecule has 1 aliphatic heterocycles. The van der Waals surface area contributed by atoms with Crippen molar-refractivity contribution in [1.82, 2.24) is 14.9 Å². The van der Waals surface area contributed by atoms with Crippen molar-refractivity contribution < 1.29 is 24.5 Å². The molecule has 1 aromatic heterocycles. The zero-order chi connectivity index (χ0) is 18.4. The average Bonchev–Trinajstić information content (AvgIpc) is 2.90. The van der Waals surface area contributed by atoms with Gasteiger partial charge in [0.05, 0.1) is 19.3 Å². The normalized spacial score (nSPS) is 25.7. The maximum Gasteiger partial charge on any atom is 0.407 e. The Morgan fingerprint density at radius 1 is 1.60 bits per heavy atom. The lowest BCUT2D eigenvalue weighted by Gasteiger charge is -2.29.